The molecule has 4 fully saturated rings. The maximum Gasteiger partial charge on any atom is 0.311 e. The Morgan fingerprint density at radius 3 is 2.09 bits per heavy atom. The number of ketones is 1. The van der Waals surface area contributed by atoms with E-state index >= 15 is 4.79 Å². The number of nitrogens with zero attached hydrogens (tertiary/aromatic N) is 2. The predicted molar refractivity (Wildman–Crippen MR) is 253 cm³/mol. The number of carbonyl (C=O) groups is 3. The van der Waals surface area contributed by atoms with E-state index < -0.39 is 139 Å². The van der Waals surface area contributed by atoms with Crippen molar-refractivity contribution in [3.8, 4) is 0 Å². The third kappa shape index (κ3) is 15.1. The van der Waals surface area contributed by atoms with Crippen molar-refractivity contribution in [1.29, 1.82) is 0 Å². The average molecular weight is 989 g/mol. The normalized spacial score (nSPS) is 43.7. The second-order valence-corrected chi connectivity index (χ2v) is 21.3. The van der Waals surface area contributed by atoms with E-state index in [0.29, 0.717) is 18.7 Å². The number of esters is 2. The number of ether oxygens (including phenoxy) is 10. The van der Waals surface area contributed by atoms with E-state index in [9.17, 15) is 24.9 Å². The number of oxime groups is 1. The molecule has 4 heterocycles. The summed E-state index contributed by atoms with van der Waals surface area (Å²) in [6.45, 7) is 23.9. The summed E-state index contributed by atoms with van der Waals surface area (Å²) in [5.74, 6) is -6.83. The molecule has 4 rings (SSSR count). The zero-order valence-electron chi connectivity index (χ0n) is 44.4. The number of hydrogen-bond acceptors (Lipinski definition) is 19. The first-order valence-electron chi connectivity index (χ1n) is 25.0. The Bertz CT molecular complexity index is 1670. The molecular weight excluding hydrogens is 901 g/mol. The van der Waals surface area contributed by atoms with Crippen LogP contribution in [0, 0.1) is 41.4 Å². The number of Topliss-reactive ketones (excluding diaryl/α,β-unsaturated/α-hetero) is 1. The molecule has 4 aliphatic rings. The summed E-state index contributed by atoms with van der Waals surface area (Å²) >= 11 is 0. The number of hydrogen-bond donors (Lipinski definition) is 3. The summed E-state index contributed by atoms with van der Waals surface area (Å²) in [5.41, 5.74) is -1.69. The Morgan fingerprint density at radius 2 is 1.48 bits per heavy atom. The molecule has 3 N–H and O–H groups in total. The number of carbonyl (C=O) groups excluding carboxylic acids is 3. The largest absolute Gasteiger partial charge is 0.461 e. The first kappa shape index (κ1) is 59.2. The van der Waals surface area contributed by atoms with E-state index in [1.807, 2.05) is 55.5 Å². The Hall–Kier alpha value is -2.40. The number of methoxy groups -OCH3 is 2. The number of likely N-dealkylation sites (N-methyl/N-ethyl adjacent to an activating group) is 1. The predicted octanol–water partition coefficient (Wildman–Crippen LogP) is 4.27. The van der Waals surface area contributed by atoms with Crippen LogP contribution >= 0.6 is 0 Å². The molecule has 0 aromatic carbocycles. The number of rotatable bonds is 14. The van der Waals surface area contributed by atoms with Gasteiger partial charge in [0.2, 0.25) is 0 Å². The van der Waals surface area contributed by atoms with Gasteiger partial charge in [0.05, 0.1) is 54.7 Å². The monoisotopic (exact) mass is 989 g/mol. The molecule has 0 aromatic rings. The minimum atomic E-state index is -2.01. The lowest BCUT2D eigenvalue weighted by atomic mass is 9.74. The number of aliphatic hydroxyl groups excluding tert-OH is 2. The van der Waals surface area contributed by atoms with E-state index in [-0.39, 0.29) is 43.9 Å². The van der Waals surface area contributed by atoms with Crippen LogP contribution in [0.3, 0.4) is 0 Å². The van der Waals surface area contributed by atoms with Crippen LogP contribution in [0.5, 0.6) is 0 Å². The molecule has 0 radical (unpaired) electrons. The van der Waals surface area contributed by atoms with Gasteiger partial charge in [-0.15, -0.1) is 0 Å². The van der Waals surface area contributed by atoms with Gasteiger partial charge in [0, 0.05) is 63.8 Å². The first-order chi connectivity index (χ1) is 32.3. The molecule has 19 heteroatoms. The van der Waals surface area contributed by atoms with Crippen molar-refractivity contribution in [3.63, 3.8) is 0 Å². The summed E-state index contributed by atoms with van der Waals surface area (Å²) in [6.07, 6.45) is -11.8. The summed E-state index contributed by atoms with van der Waals surface area (Å²) in [7, 11) is 6.33. The zero-order chi connectivity index (χ0) is 51.8. The fourth-order valence-electron chi connectivity index (χ4n) is 10.7. The lowest BCUT2D eigenvalue weighted by molar-refractivity contribution is -0.305. The van der Waals surface area contributed by atoms with Gasteiger partial charge in [0.1, 0.15) is 49.3 Å². The van der Waals surface area contributed by atoms with E-state index in [1.165, 1.54) is 28.3 Å². The van der Waals surface area contributed by atoms with Crippen LogP contribution in [-0.2, 0) is 66.6 Å². The highest BCUT2D eigenvalue weighted by Gasteiger charge is 2.51. The van der Waals surface area contributed by atoms with Crippen LogP contribution in [0.2, 0.25) is 0 Å². The van der Waals surface area contributed by atoms with Gasteiger partial charge >= 0.3 is 11.9 Å². The fraction of sp³-hybridized carbons (Fsp3) is 0.920. The van der Waals surface area contributed by atoms with Gasteiger partial charge in [-0.1, -0.05) is 53.6 Å². The summed E-state index contributed by atoms with van der Waals surface area (Å²) in [5, 5.41) is 38.8. The SMILES string of the molecule is CON=C1C[C@@H](C)O[C@@H](O[C@@H]2[C@@H](C)[C@H](O[C@H]3C[C@@H](C)N(C)C[C@H](C)O3)[C@@H](C)C(=O)O[C@H](C(C)CO[C@@H]3O[C@H](C)[C@@H](O)[C@@H](OC)[C@H]3OC)[C@H](C)[C@@H](OC(=O)CC(C)C)[C@@H](C)C(=O)[C@@](C)(O)C[C@@H]2C)[C@@H]1O. The minimum Gasteiger partial charge on any atom is -0.461 e. The molecule has 0 amide bonds. The molecule has 0 aliphatic carbocycles. The van der Waals surface area contributed by atoms with Gasteiger partial charge in [-0.3, -0.25) is 14.4 Å². The second kappa shape index (κ2) is 26.0. The van der Waals surface area contributed by atoms with Gasteiger partial charge in [0.25, 0.3) is 0 Å². The molecule has 0 saturated carbocycles. The van der Waals surface area contributed by atoms with Crippen LogP contribution in [0.1, 0.15) is 116 Å². The smallest absolute Gasteiger partial charge is 0.311 e. The third-order valence-corrected chi connectivity index (χ3v) is 14.6. The Balaban J connectivity index is 1.88. The van der Waals surface area contributed by atoms with Crippen molar-refractivity contribution in [2.45, 2.75) is 213 Å². The summed E-state index contributed by atoms with van der Waals surface area (Å²) < 4.78 is 63.1. The quantitative estimate of drug-likeness (QED) is 0.163. The maximum absolute atomic E-state index is 15.1. The van der Waals surface area contributed by atoms with Crippen LogP contribution in [0.4, 0.5) is 0 Å². The first-order valence-corrected chi connectivity index (χ1v) is 25.0. The molecule has 0 bridgehead atoms. The Morgan fingerprint density at radius 1 is 0.826 bits per heavy atom. The summed E-state index contributed by atoms with van der Waals surface area (Å²) in [4.78, 5) is 50.9. The van der Waals surface area contributed by atoms with Gasteiger partial charge < -0.3 is 72.4 Å². The highest BCUT2D eigenvalue weighted by atomic mass is 16.7. The van der Waals surface area contributed by atoms with Crippen molar-refractivity contribution in [1.82, 2.24) is 4.90 Å². The second-order valence-electron chi connectivity index (χ2n) is 21.3. The minimum absolute atomic E-state index is 0.0496. The lowest BCUT2D eigenvalue weighted by Gasteiger charge is -2.44. The molecule has 22 atom stereocenters. The van der Waals surface area contributed by atoms with E-state index in [0.717, 1.165) is 0 Å². The van der Waals surface area contributed by atoms with Crippen LogP contribution in [0.15, 0.2) is 5.16 Å². The summed E-state index contributed by atoms with van der Waals surface area (Å²) in [6, 6.07) is 0.0496. The Kier molecular flexibility index (Phi) is 22.3. The molecule has 69 heavy (non-hydrogen) atoms. The molecule has 0 aromatic heterocycles. The van der Waals surface area contributed by atoms with Crippen LogP contribution in [0.25, 0.3) is 0 Å². The van der Waals surface area contributed by atoms with Crippen LogP contribution in [-0.4, -0.2) is 183 Å². The Labute approximate surface area is 410 Å². The molecule has 4 saturated heterocycles. The van der Waals surface area contributed by atoms with Gasteiger partial charge in [-0.05, 0) is 66.8 Å². The average Bonchev–Trinajstić information content (AvgIpc) is 3.39. The maximum atomic E-state index is 15.1. The number of aliphatic hydroxyl groups is 3. The number of cyclic esters (lactones) is 1. The third-order valence-electron chi connectivity index (χ3n) is 14.6. The topological polar surface area (TPSA) is 229 Å². The highest BCUT2D eigenvalue weighted by molar-refractivity contribution is 5.90. The van der Waals surface area contributed by atoms with Crippen molar-refractivity contribution in [3.05, 3.63) is 0 Å². The van der Waals surface area contributed by atoms with Crippen molar-refractivity contribution in [2.75, 3.05) is 41.5 Å². The molecule has 19 nitrogen and oxygen atoms in total. The standard InChI is InChI=1S/C50H88N2O17/c1-24(2)18-36(53)66-42-31(9)41(26(4)23-62-49-45(60-16)44(59-15)38(54)34(12)65-49)68-47(57)33(11)43(67-37-19-27(5)52(14)22-29(7)63-37)30(8)40(25(3)21-50(13,58)46(56)32(42)10)69-48-39(55)35(51-61-17)20-28(6)64-48/h24-34,37-45,48-49,54-55,58H,18-23H2,1-17H3/t25-,26?,27+,28+,29-,30+,31-,32+,33+,34+,37-,38+,39+,40-,41+,42+,43-,44+,45+,48-,49+,50-/m0/s1. The molecule has 4 aliphatic heterocycles. The molecule has 400 valence electrons. The van der Waals surface area contributed by atoms with Crippen molar-refractivity contribution < 1.29 is 81.9 Å². The van der Waals surface area contributed by atoms with Crippen LogP contribution < -0.4 is 0 Å². The van der Waals surface area contributed by atoms with Gasteiger partial charge in [0.15, 0.2) is 24.7 Å². The fourth-order valence-corrected chi connectivity index (χ4v) is 10.7. The van der Waals surface area contributed by atoms with Crippen molar-refractivity contribution >= 4 is 23.4 Å². The lowest BCUT2D eigenvalue weighted by Crippen LogP contribution is -2.59. The molecular formula is C50H88N2O17. The highest BCUT2D eigenvalue weighted by Crippen LogP contribution is 2.39. The van der Waals surface area contributed by atoms with Crippen molar-refractivity contribution in [2.24, 2.45) is 46.6 Å². The van der Waals surface area contributed by atoms with Gasteiger partial charge in [-0.25, -0.2) is 0 Å². The van der Waals surface area contributed by atoms with Gasteiger partial charge in [-0.2, -0.15) is 0 Å². The van der Waals surface area contributed by atoms with E-state index in [2.05, 4.69) is 17.0 Å². The molecule has 0 spiro atoms. The zero-order valence-corrected chi connectivity index (χ0v) is 44.4. The van der Waals surface area contributed by atoms with E-state index in [4.69, 9.17) is 52.2 Å². The van der Waals surface area contributed by atoms with E-state index in [1.54, 1.807) is 27.7 Å². The molecule has 1 unspecified atom stereocenters.